The minimum atomic E-state index is -0.778. The van der Waals surface area contributed by atoms with Crippen LogP contribution in [0.4, 0.5) is 0 Å². The largest absolute Gasteiger partial charge is 0.481 e. The Morgan fingerprint density at radius 1 is 1.22 bits per heavy atom. The summed E-state index contributed by atoms with van der Waals surface area (Å²) in [6.07, 6.45) is 2.39. The molecule has 0 amide bonds. The van der Waals surface area contributed by atoms with E-state index in [9.17, 15) is 4.79 Å². The SMILES string of the molecule is O=C(O)Cc1ccc(CSC2CCOCC2)cc1. The van der Waals surface area contributed by atoms with E-state index in [-0.39, 0.29) is 6.42 Å². The predicted molar refractivity (Wildman–Crippen MR) is 72.9 cm³/mol. The van der Waals surface area contributed by atoms with Crippen LogP contribution >= 0.6 is 11.8 Å². The Balaban J connectivity index is 1.80. The Morgan fingerprint density at radius 3 is 2.44 bits per heavy atom. The lowest BCUT2D eigenvalue weighted by atomic mass is 10.1. The van der Waals surface area contributed by atoms with Crippen molar-refractivity contribution in [3.63, 3.8) is 0 Å². The Kier molecular flexibility index (Phi) is 5.08. The molecule has 0 bridgehead atoms. The molecule has 0 saturated carbocycles. The number of thioether (sulfide) groups is 1. The van der Waals surface area contributed by atoms with Crippen molar-refractivity contribution in [3.05, 3.63) is 35.4 Å². The average molecular weight is 266 g/mol. The topological polar surface area (TPSA) is 46.5 Å². The van der Waals surface area contributed by atoms with Crippen LogP contribution in [0.5, 0.6) is 0 Å². The lowest BCUT2D eigenvalue weighted by Crippen LogP contribution is -2.17. The van der Waals surface area contributed by atoms with Gasteiger partial charge in [-0.2, -0.15) is 11.8 Å². The van der Waals surface area contributed by atoms with Crippen LogP contribution in [0.15, 0.2) is 24.3 Å². The number of hydrogen-bond acceptors (Lipinski definition) is 3. The third kappa shape index (κ3) is 4.35. The van der Waals surface area contributed by atoms with E-state index in [1.165, 1.54) is 5.56 Å². The monoisotopic (exact) mass is 266 g/mol. The molecule has 1 aromatic rings. The van der Waals surface area contributed by atoms with Gasteiger partial charge in [0.15, 0.2) is 0 Å². The standard InChI is InChI=1S/C14H18O3S/c15-14(16)9-11-1-3-12(4-2-11)10-18-13-5-7-17-8-6-13/h1-4,13H,5-10H2,(H,15,16). The van der Waals surface area contributed by atoms with Crippen molar-refractivity contribution in [1.29, 1.82) is 0 Å². The Bertz CT molecular complexity index is 383. The van der Waals surface area contributed by atoms with Crippen molar-refractivity contribution in [2.45, 2.75) is 30.3 Å². The molecule has 0 aromatic heterocycles. The molecule has 3 nitrogen and oxygen atoms in total. The van der Waals surface area contributed by atoms with Crippen LogP contribution in [0.1, 0.15) is 24.0 Å². The highest BCUT2D eigenvalue weighted by Crippen LogP contribution is 2.25. The Labute approximate surface area is 112 Å². The smallest absolute Gasteiger partial charge is 0.307 e. The molecule has 1 saturated heterocycles. The summed E-state index contributed by atoms with van der Waals surface area (Å²) in [5.41, 5.74) is 2.13. The number of carboxylic acids is 1. The van der Waals surface area contributed by atoms with Crippen LogP contribution in [0.3, 0.4) is 0 Å². The molecular formula is C14H18O3S. The van der Waals surface area contributed by atoms with Crippen LogP contribution in [0.2, 0.25) is 0 Å². The third-order valence-corrected chi connectivity index (χ3v) is 4.48. The van der Waals surface area contributed by atoms with Gasteiger partial charge >= 0.3 is 5.97 Å². The molecule has 0 aliphatic carbocycles. The normalized spacial score (nSPS) is 16.7. The fraction of sp³-hybridized carbons (Fsp3) is 0.500. The van der Waals surface area contributed by atoms with Gasteiger partial charge in [-0.15, -0.1) is 0 Å². The van der Waals surface area contributed by atoms with Gasteiger partial charge in [-0.1, -0.05) is 24.3 Å². The van der Waals surface area contributed by atoms with Gasteiger partial charge in [0.25, 0.3) is 0 Å². The highest BCUT2D eigenvalue weighted by molar-refractivity contribution is 7.99. The molecule has 1 aromatic carbocycles. The zero-order chi connectivity index (χ0) is 12.8. The highest BCUT2D eigenvalue weighted by atomic mass is 32.2. The van der Waals surface area contributed by atoms with Crippen molar-refractivity contribution in [2.75, 3.05) is 13.2 Å². The minimum absolute atomic E-state index is 0.105. The van der Waals surface area contributed by atoms with Crippen LogP contribution in [-0.4, -0.2) is 29.5 Å². The number of carboxylic acid groups (broad SMARTS) is 1. The van der Waals surface area contributed by atoms with E-state index in [0.29, 0.717) is 5.25 Å². The predicted octanol–water partition coefficient (Wildman–Crippen LogP) is 2.73. The molecule has 2 rings (SSSR count). The molecule has 4 heteroatoms. The average Bonchev–Trinajstić information content (AvgIpc) is 2.38. The molecule has 18 heavy (non-hydrogen) atoms. The molecule has 0 atom stereocenters. The zero-order valence-electron chi connectivity index (χ0n) is 10.3. The maximum Gasteiger partial charge on any atom is 0.307 e. The number of benzene rings is 1. The Hall–Kier alpha value is -1.00. The van der Waals surface area contributed by atoms with Gasteiger partial charge in [0.2, 0.25) is 0 Å². The maximum absolute atomic E-state index is 10.6. The van der Waals surface area contributed by atoms with Gasteiger partial charge in [-0.05, 0) is 24.0 Å². The van der Waals surface area contributed by atoms with Crippen LogP contribution in [0, 0.1) is 0 Å². The summed E-state index contributed by atoms with van der Waals surface area (Å²) in [6.45, 7) is 1.77. The van der Waals surface area contributed by atoms with Crippen molar-refractivity contribution in [3.8, 4) is 0 Å². The molecule has 0 spiro atoms. The van der Waals surface area contributed by atoms with Crippen molar-refractivity contribution >= 4 is 17.7 Å². The lowest BCUT2D eigenvalue weighted by Gasteiger charge is -2.21. The second kappa shape index (κ2) is 6.81. The first kappa shape index (κ1) is 13.4. The van der Waals surface area contributed by atoms with Crippen molar-refractivity contribution < 1.29 is 14.6 Å². The molecular weight excluding hydrogens is 248 g/mol. The lowest BCUT2D eigenvalue weighted by molar-refractivity contribution is -0.136. The summed E-state index contributed by atoms with van der Waals surface area (Å²) >= 11 is 1.97. The third-order valence-electron chi connectivity index (χ3n) is 3.03. The van der Waals surface area contributed by atoms with Gasteiger partial charge < -0.3 is 9.84 Å². The molecule has 1 aliphatic heterocycles. The van der Waals surface area contributed by atoms with E-state index in [2.05, 4.69) is 0 Å². The van der Waals surface area contributed by atoms with Gasteiger partial charge in [-0.25, -0.2) is 0 Å². The molecule has 0 unspecified atom stereocenters. The molecule has 1 heterocycles. The van der Waals surface area contributed by atoms with E-state index in [4.69, 9.17) is 9.84 Å². The first-order valence-corrected chi connectivity index (χ1v) is 7.28. The number of rotatable bonds is 5. The number of hydrogen-bond donors (Lipinski definition) is 1. The van der Waals surface area contributed by atoms with Crippen LogP contribution in [0.25, 0.3) is 0 Å². The molecule has 1 N–H and O–H groups in total. The highest BCUT2D eigenvalue weighted by Gasteiger charge is 2.13. The summed E-state index contributed by atoms with van der Waals surface area (Å²) in [5, 5.41) is 9.40. The van der Waals surface area contributed by atoms with Gasteiger partial charge in [0, 0.05) is 24.2 Å². The summed E-state index contributed by atoms with van der Waals surface area (Å²) in [5.74, 6) is 0.220. The number of aliphatic carboxylic acids is 1. The summed E-state index contributed by atoms with van der Waals surface area (Å²) in [7, 11) is 0. The maximum atomic E-state index is 10.6. The minimum Gasteiger partial charge on any atom is -0.481 e. The van der Waals surface area contributed by atoms with Gasteiger partial charge in [0.1, 0.15) is 0 Å². The Morgan fingerprint density at radius 2 is 1.83 bits per heavy atom. The second-order valence-electron chi connectivity index (χ2n) is 4.51. The van der Waals surface area contributed by atoms with E-state index in [1.807, 2.05) is 36.0 Å². The van der Waals surface area contributed by atoms with E-state index >= 15 is 0 Å². The van der Waals surface area contributed by atoms with E-state index in [1.54, 1.807) is 0 Å². The molecule has 1 aliphatic rings. The van der Waals surface area contributed by atoms with Crippen LogP contribution < -0.4 is 0 Å². The number of ether oxygens (including phenoxy) is 1. The molecule has 1 fully saturated rings. The fourth-order valence-corrected chi connectivity index (χ4v) is 3.13. The summed E-state index contributed by atoms with van der Waals surface area (Å²) < 4.78 is 5.34. The van der Waals surface area contributed by atoms with Crippen LogP contribution in [-0.2, 0) is 21.7 Å². The first-order valence-electron chi connectivity index (χ1n) is 6.23. The summed E-state index contributed by atoms with van der Waals surface area (Å²) in [6, 6.07) is 7.89. The molecule has 0 radical (unpaired) electrons. The quantitative estimate of drug-likeness (QED) is 0.890. The van der Waals surface area contributed by atoms with Gasteiger partial charge in [-0.3, -0.25) is 4.79 Å². The summed E-state index contributed by atoms with van der Waals surface area (Å²) in [4.78, 5) is 10.6. The van der Waals surface area contributed by atoms with Crippen molar-refractivity contribution in [1.82, 2.24) is 0 Å². The first-order chi connectivity index (χ1) is 8.74. The van der Waals surface area contributed by atoms with Gasteiger partial charge in [0.05, 0.1) is 6.42 Å². The number of carbonyl (C=O) groups is 1. The fourth-order valence-electron chi connectivity index (χ4n) is 1.98. The zero-order valence-corrected chi connectivity index (χ0v) is 11.1. The van der Waals surface area contributed by atoms with E-state index in [0.717, 1.165) is 37.4 Å². The van der Waals surface area contributed by atoms with E-state index < -0.39 is 5.97 Å². The molecule has 98 valence electrons. The van der Waals surface area contributed by atoms with Crippen molar-refractivity contribution in [2.24, 2.45) is 0 Å². The second-order valence-corrected chi connectivity index (χ2v) is 5.80.